The van der Waals surface area contributed by atoms with E-state index in [0.29, 0.717) is 0 Å². The number of H-pyrrole nitrogens is 1. The normalized spacial score (nSPS) is 23.0. The summed E-state index contributed by atoms with van der Waals surface area (Å²) in [6, 6.07) is 14.4. The molecule has 22 heavy (non-hydrogen) atoms. The molecule has 3 heterocycles. The number of hydrogen-bond acceptors (Lipinski definition) is 2. The van der Waals surface area contributed by atoms with Crippen LogP contribution in [-0.4, -0.2) is 18.1 Å². The van der Waals surface area contributed by atoms with E-state index in [0.717, 1.165) is 30.2 Å². The van der Waals surface area contributed by atoms with Crippen LogP contribution in [0.2, 0.25) is 5.02 Å². The van der Waals surface area contributed by atoms with E-state index in [9.17, 15) is 0 Å². The largest absolute Gasteiger partial charge is 0.354 e. The first-order chi connectivity index (χ1) is 10.8. The Morgan fingerprint density at radius 3 is 2.82 bits per heavy atom. The molecule has 1 spiro atoms. The molecule has 5 rings (SSSR count). The van der Waals surface area contributed by atoms with E-state index in [1.54, 1.807) is 0 Å². The first kappa shape index (κ1) is 12.7. The van der Waals surface area contributed by atoms with Crippen LogP contribution in [0.4, 0.5) is 0 Å². The molecular formula is C18H15ClN2O. The van der Waals surface area contributed by atoms with Crippen LogP contribution in [0.25, 0.3) is 22.2 Å². The number of halogens is 1. The molecule has 2 aliphatic rings. The summed E-state index contributed by atoms with van der Waals surface area (Å²) in [7, 11) is 0. The van der Waals surface area contributed by atoms with Gasteiger partial charge in [0.15, 0.2) is 5.72 Å². The molecule has 2 aliphatic heterocycles. The third-order valence-corrected chi connectivity index (χ3v) is 4.93. The molecule has 0 radical (unpaired) electrons. The van der Waals surface area contributed by atoms with Crippen molar-refractivity contribution in [2.45, 2.75) is 12.1 Å². The van der Waals surface area contributed by atoms with Gasteiger partial charge in [-0.2, -0.15) is 0 Å². The minimum atomic E-state index is -0.265. The zero-order chi connectivity index (χ0) is 14.7. The van der Waals surface area contributed by atoms with Gasteiger partial charge >= 0.3 is 0 Å². The van der Waals surface area contributed by atoms with E-state index in [-0.39, 0.29) is 5.72 Å². The summed E-state index contributed by atoms with van der Waals surface area (Å²) in [5.41, 5.74) is 5.82. The fourth-order valence-electron chi connectivity index (χ4n) is 3.61. The first-order valence-electron chi connectivity index (χ1n) is 7.56. The van der Waals surface area contributed by atoms with E-state index >= 15 is 0 Å². The van der Waals surface area contributed by atoms with Crippen LogP contribution >= 0.6 is 11.6 Å². The number of epoxide rings is 1. The molecule has 2 N–H and O–H groups in total. The van der Waals surface area contributed by atoms with Gasteiger partial charge in [0.1, 0.15) is 0 Å². The van der Waals surface area contributed by atoms with Gasteiger partial charge in [-0.1, -0.05) is 35.9 Å². The van der Waals surface area contributed by atoms with Crippen LogP contribution in [0.15, 0.2) is 42.5 Å². The molecule has 3 nitrogen and oxygen atoms in total. The highest BCUT2D eigenvalue weighted by molar-refractivity contribution is 6.30. The summed E-state index contributed by atoms with van der Waals surface area (Å²) in [6.45, 7) is 1.67. The zero-order valence-corrected chi connectivity index (χ0v) is 12.7. The average Bonchev–Trinajstić information content (AvgIpc) is 3.25. The van der Waals surface area contributed by atoms with Gasteiger partial charge < -0.3 is 9.72 Å². The molecule has 0 bridgehead atoms. The first-order valence-corrected chi connectivity index (χ1v) is 7.94. The fourth-order valence-corrected chi connectivity index (χ4v) is 3.80. The van der Waals surface area contributed by atoms with Gasteiger partial charge in [-0.3, -0.25) is 5.32 Å². The minimum Gasteiger partial charge on any atom is -0.354 e. The minimum absolute atomic E-state index is 0.265. The maximum atomic E-state index is 6.18. The van der Waals surface area contributed by atoms with Crippen molar-refractivity contribution in [3.8, 4) is 11.3 Å². The standard InChI is InChI=1S/C18H15ClN2O/c19-12-4-1-3-11(9-12)17-13-7-8-20-18(10-22-18)14-5-2-6-15(21-17)16(13)14/h1-6,9,20-21H,7-8,10H2. The highest BCUT2D eigenvalue weighted by Crippen LogP contribution is 2.44. The van der Waals surface area contributed by atoms with Crippen molar-refractivity contribution >= 4 is 22.5 Å². The second-order valence-corrected chi connectivity index (χ2v) is 6.45. The molecule has 1 unspecified atom stereocenters. The summed E-state index contributed by atoms with van der Waals surface area (Å²) < 4.78 is 5.75. The smallest absolute Gasteiger partial charge is 0.169 e. The summed E-state index contributed by atoms with van der Waals surface area (Å²) in [6.07, 6.45) is 0.976. The second kappa shape index (κ2) is 4.35. The molecule has 0 amide bonds. The van der Waals surface area contributed by atoms with Crippen LogP contribution in [0.1, 0.15) is 11.1 Å². The monoisotopic (exact) mass is 310 g/mol. The van der Waals surface area contributed by atoms with Gasteiger partial charge in [-0.15, -0.1) is 0 Å². The number of fused-ring (bicyclic) bond motifs is 1. The average molecular weight is 311 g/mol. The zero-order valence-electron chi connectivity index (χ0n) is 11.9. The van der Waals surface area contributed by atoms with Gasteiger partial charge in [0.2, 0.25) is 0 Å². The van der Waals surface area contributed by atoms with Crippen molar-refractivity contribution in [2.75, 3.05) is 13.2 Å². The van der Waals surface area contributed by atoms with E-state index in [4.69, 9.17) is 16.3 Å². The van der Waals surface area contributed by atoms with Crippen molar-refractivity contribution in [1.82, 2.24) is 10.3 Å². The Morgan fingerprint density at radius 2 is 2.00 bits per heavy atom. The maximum absolute atomic E-state index is 6.18. The molecule has 2 aromatic carbocycles. The second-order valence-electron chi connectivity index (χ2n) is 6.01. The third kappa shape index (κ3) is 1.70. The summed E-state index contributed by atoms with van der Waals surface area (Å²) in [5.74, 6) is 0. The summed E-state index contributed by atoms with van der Waals surface area (Å²) in [4.78, 5) is 3.59. The number of nitrogens with one attached hydrogen (secondary N) is 2. The Morgan fingerprint density at radius 1 is 1.14 bits per heavy atom. The molecule has 0 saturated carbocycles. The Bertz CT molecular complexity index is 895. The Balaban J connectivity index is 1.83. The maximum Gasteiger partial charge on any atom is 0.169 e. The molecule has 1 aromatic heterocycles. The quantitative estimate of drug-likeness (QED) is 0.671. The molecule has 1 saturated heterocycles. The molecule has 1 fully saturated rings. The lowest BCUT2D eigenvalue weighted by molar-refractivity contribution is 0.264. The summed E-state index contributed by atoms with van der Waals surface area (Å²) in [5, 5.41) is 5.62. The lowest BCUT2D eigenvalue weighted by Gasteiger charge is -2.12. The van der Waals surface area contributed by atoms with E-state index < -0.39 is 0 Å². The Hall–Kier alpha value is -1.81. The number of benzene rings is 2. The van der Waals surface area contributed by atoms with Gasteiger partial charge in [0.05, 0.1) is 6.61 Å². The van der Waals surface area contributed by atoms with Crippen LogP contribution in [0.5, 0.6) is 0 Å². The number of rotatable bonds is 1. The van der Waals surface area contributed by atoms with Crippen molar-refractivity contribution in [3.63, 3.8) is 0 Å². The molecular weight excluding hydrogens is 296 g/mol. The van der Waals surface area contributed by atoms with E-state index in [1.165, 1.54) is 27.7 Å². The number of ether oxygens (including phenoxy) is 1. The van der Waals surface area contributed by atoms with Gasteiger partial charge in [0, 0.05) is 33.7 Å². The van der Waals surface area contributed by atoms with Crippen LogP contribution < -0.4 is 5.32 Å². The molecule has 4 heteroatoms. The molecule has 1 atom stereocenters. The molecule has 0 aliphatic carbocycles. The van der Waals surface area contributed by atoms with Crippen LogP contribution in [0, 0.1) is 0 Å². The van der Waals surface area contributed by atoms with Crippen molar-refractivity contribution in [2.24, 2.45) is 0 Å². The van der Waals surface area contributed by atoms with Gasteiger partial charge in [-0.05, 0) is 35.7 Å². The van der Waals surface area contributed by atoms with E-state index in [2.05, 4.69) is 34.6 Å². The highest BCUT2D eigenvalue weighted by Gasteiger charge is 2.48. The number of hydrogen-bond donors (Lipinski definition) is 2. The van der Waals surface area contributed by atoms with E-state index in [1.807, 2.05) is 18.2 Å². The lowest BCUT2D eigenvalue weighted by atomic mass is 9.98. The van der Waals surface area contributed by atoms with Gasteiger partial charge in [-0.25, -0.2) is 0 Å². The van der Waals surface area contributed by atoms with Crippen molar-refractivity contribution < 1.29 is 4.74 Å². The molecule has 3 aromatic rings. The highest BCUT2D eigenvalue weighted by atomic mass is 35.5. The predicted molar refractivity (Wildman–Crippen MR) is 88.1 cm³/mol. The van der Waals surface area contributed by atoms with Crippen molar-refractivity contribution in [1.29, 1.82) is 0 Å². The fraction of sp³-hybridized carbons (Fsp3) is 0.222. The van der Waals surface area contributed by atoms with Crippen LogP contribution in [0.3, 0.4) is 0 Å². The van der Waals surface area contributed by atoms with Crippen molar-refractivity contribution in [3.05, 3.63) is 58.6 Å². The van der Waals surface area contributed by atoms with Crippen LogP contribution in [-0.2, 0) is 16.9 Å². The SMILES string of the molecule is Clc1cccc(-c2[nH]c3cccc4c3c2CCNC42CO2)c1. The lowest BCUT2D eigenvalue weighted by Crippen LogP contribution is -2.30. The summed E-state index contributed by atoms with van der Waals surface area (Å²) >= 11 is 6.18. The van der Waals surface area contributed by atoms with Gasteiger partial charge in [0.25, 0.3) is 0 Å². The Labute approximate surface area is 133 Å². The predicted octanol–water partition coefficient (Wildman–Crippen LogP) is 3.82. The molecule has 110 valence electrons. The Kier molecular flexibility index (Phi) is 2.51. The topological polar surface area (TPSA) is 40.4 Å². The number of aromatic nitrogens is 1. The number of aromatic amines is 1. The third-order valence-electron chi connectivity index (χ3n) is 4.69.